The third-order valence-corrected chi connectivity index (χ3v) is 2.92. The van der Waals surface area contributed by atoms with Crippen LogP contribution in [0.4, 0.5) is 21.5 Å². The smallest absolute Gasteiger partial charge is 0.342 e. The highest BCUT2D eigenvalue weighted by Gasteiger charge is 2.20. The summed E-state index contributed by atoms with van der Waals surface area (Å²) in [5.74, 6) is -2.00. The predicted molar refractivity (Wildman–Crippen MR) is 74.7 cm³/mol. The van der Waals surface area contributed by atoms with Crippen LogP contribution in [0.1, 0.15) is 10.4 Å². The first-order valence-electron chi connectivity index (χ1n) is 5.62. The summed E-state index contributed by atoms with van der Waals surface area (Å²) in [7, 11) is 0. The van der Waals surface area contributed by atoms with E-state index in [9.17, 15) is 19.3 Å². The van der Waals surface area contributed by atoms with E-state index in [0.717, 1.165) is 18.2 Å². The maximum absolute atomic E-state index is 13.0. The molecular weight excluding hydrogens is 303 g/mol. The molecule has 0 heterocycles. The summed E-state index contributed by atoms with van der Waals surface area (Å²) in [6.45, 7) is 0. The van der Waals surface area contributed by atoms with Crippen molar-refractivity contribution < 1.29 is 19.2 Å². The number of carboxylic acid groups (broad SMARTS) is 1. The van der Waals surface area contributed by atoms with Gasteiger partial charge in [-0.25, -0.2) is 9.18 Å². The first kappa shape index (κ1) is 14.7. The minimum atomic E-state index is -1.41. The zero-order valence-electron chi connectivity index (χ0n) is 10.3. The van der Waals surface area contributed by atoms with Gasteiger partial charge in [0, 0.05) is 17.4 Å². The average molecular weight is 311 g/mol. The summed E-state index contributed by atoms with van der Waals surface area (Å²) in [4.78, 5) is 21.0. The molecule has 0 amide bonds. The fourth-order valence-electron chi connectivity index (χ4n) is 1.68. The van der Waals surface area contributed by atoms with Crippen molar-refractivity contribution in [1.29, 1.82) is 0 Å². The van der Waals surface area contributed by atoms with E-state index in [1.807, 2.05) is 0 Å². The monoisotopic (exact) mass is 310 g/mol. The van der Waals surface area contributed by atoms with Gasteiger partial charge in [0.1, 0.15) is 11.4 Å². The summed E-state index contributed by atoms with van der Waals surface area (Å²) in [5.41, 5.74) is -0.226. The maximum Gasteiger partial charge on any atom is 0.342 e. The molecule has 0 spiro atoms. The van der Waals surface area contributed by atoms with Crippen LogP contribution < -0.4 is 5.32 Å². The van der Waals surface area contributed by atoms with Crippen LogP contribution in [0, 0.1) is 15.9 Å². The summed E-state index contributed by atoms with van der Waals surface area (Å²) in [5, 5.41) is 22.4. The number of carbonyl (C=O) groups is 1. The zero-order valence-corrected chi connectivity index (χ0v) is 11.1. The predicted octanol–water partition coefficient (Wildman–Crippen LogP) is 3.83. The van der Waals surface area contributed by atoms with E-state index in [-0.39, 0.29) is 5.02 Å². The van der Waals surface area contributed by atoms with E-state index >= 15 is 0 Å². The molecule has 2 rings (SSSR count). The standard InChI is InChI=1S/C13H8ClFN2O4/c14-10-6-8(1-3-11(10)15)16-7-2-4-12(17(20)21)9(5-7)13(18)19/h1-6,16H,(H,18,19). The SMILES string of the molecule is O=C(O)c1cc(Nc2ccc(F)c(Cl)c2)ccc1[N+](=O)[O-]. The Bertz CT molecular complexity index is 736. The van der Waals surface area contributed by atoms with Crippen LogP contribution in [0.2, 0.25) is 5.02 Å². The van der Waals surface area contributed by atoms with Gasteiger partial charge in [-0.15, -0.1) is 0 Å². The quantitative estimate of drug-likeness (QED) is 0.661. The number of halogens is 2. The van der Waals surface area contributed by atoms with Gasteiger partial charge in [0.05, 0.1) is 9.95 Å². The second-order valence-electron chi connectivity index (χ2n) is 4.05. The van der Waals surface area contributed by atoms with Crippen molar-refractivity contribution in [2.45, 2.75) is 0 Å². The Morgan fingerprint density at radius 3 is 2.43 bits per heavy atom. The Morgan fingerprint density at radius 1 is 1.24 bits per heavy atom. The average Bonchev–Trinajstić information content (AvgIpc) is 2.42. The normalized spacial score (nSPS) is 10.2. The van der Waals surface area contributed by atoms with Crippen molar-refractivity contribution >= 4 is 34.6 Å². The Kier molecular flexibility index (Phi) is 4.04. The van der Waals surface area contributed by atoms with E-state index in [2.05, 4.69) is 5.32 Å². The molecule has 0 aliphatic rings. The molecule has 0 aromatic heterocycles. The van der Waals surface area contributed by atoms with Gasteiger partial charge in [-0.05, 0) is 30.3 Å². The molecule has 2 aromatic rings. The van der Waals surface area contributed by atoms with Gasteiger partial charge in [-0.1, -0.05) is 11.6 Å². The van der Waals surface area contributed by atoms with E-state index in [1.54, 1.807) is 0 Å². The van der Waals surface area contributed by atoms with E-state index in [1.165, 1.54) is 18.2 Å². The summed E-state index contributed by atoms with van der Waals surface area (Å²) in [6, 6.07) is 7.42. The van der Waals surface area contributed by atoms with Crippen molar-refractivity contribution in [2.24, 2.45) is 0 Å². The molecule has 2 N–H and O–H groups in total. The highest BCUT2D eigenvalue weighted by atomic mass is 35.5. The van der Waals surface area contributed by atoms with Crippen LogP contribution in [0.25, 0.3) is 0 Å². The van der Waals surface area contributed by atoms with E-state index in [4.69, 9.17) is 16.7 Å². The lowest BCUT2D eigenvalue weighted by Gasteiger charge is -2.08. The lowest BCUT2D eigenvalue weighted by Crippen LogP contribution is -2.03. The lowest BCUT2D eigenvalue weighted by atomic mass is 10.1. The molecule has 0 aliphatic carbocycles. The fraction of sp³-hybridized carbons (Fsp3) is 0. The number of aromatic carboxylic acids is 1. The molecule has 0 aliphatic heterocycles. The largest absolute Gasteiger partial charge is 0.477 e. The number of nitro groups is 1. The van der Waals surface area contributed by atoms with Crippen LogP contribution in [0.5, 0.6) is 0 Å². The van der Waals surface area contributed by atoms with Gasteiger partial charge >= 0.3 is 5.97 Å². The molecule has 108 valence electrons. The van der Waals surface area contributed by atoms with Gasteiger partial charge in [0.15, 0.2) is 0 Å². The van der Waals surface area contributed by atoms with Gasteiger partial charge in [-0.3, -0.25) is 10.1 Å². The summed E-state index contributed by atoms with van der Waals surface area (Å²) in [6.07, 6.45) is 0. The second-order valence-corrected chi connectivity index (χ2v) is 4.46. The number of nitro benzene ring substituents is 1. The Morgan fingerprint density at radius 2 is 1.86 bits per heavy atom. The lowest BCUT2D eigenvalue weighted by molar-refractivity contribution is -0.385. The number of nitrogens with one attached hydrogen (secondary N) is 1. The minimum absolute atomic E-state index is 0.0969. The molecule has 21 heavy (non-hydrogen) atoms. The third-order valence-electron chi connectivity index (χ3n) is 2.63. The highest BCUT2D eigenvalue weighted by Crippen LogP contribution is 2.26. The van der Waals surface area contributed by atoms with Crippen LogP contribution in [-0.2, 0) is 0 Å². The molecular formula is C13H8ClFN2O4. The molecule has 0 saturated carbocycles. The number of benzene rings is 2. The van der Waals surface area contributed by atoms with Gasteiger partial charge in [-0.2, -0.15) is 0 Å². The number of anilines is 2. The van der Waals surface area contributed by atoms with Gasteiger partial charge in [0.2, 0.25) is 0 Å². The first-order valence-corrected chi connectivity index (χ1v) is 6.00. The van der Waals surface area contributed by atoms with Crippen LogP contribution in [0.3, 0.4) is 0 Å². The zero-order chi connectivity index (χ0) is 15.6. The Balaban J connectivity index is 2.36. The Labute approximate surface area is 122 Å². The summed E-state index contributed by atoms with van der Waals surface area (Å²) < 4.78 is 13.0. The molecule has 0 radical (unpaired) electrons. The van der Waals surface area contributed by atoms with Crippen LogP contribution >= 0.6 is 11.6 Å². The van der Waals surface area contributed by atoms with Crippen molar-refractivity contribution in [3.63, 3.8) is 0 Å². The van der Waals surface area contributed by atoms with Gasteiger partial charge in [0.25, 0.3) is 5.69 Å². The molecule has 0 saturated heterocycles. The van der Waals surface area contributed by atoms with E-state index in [0.29, 0.717) is 11.4 Å². The van der Waals surface area contributed by atoms with E-state index < -0.39 is 28.0 Å². The highest BCUT2D eigenvalue weighted by molar-refractivity contribution is 6.31. The van der Waals surface area contributed by atoms with Gasteiger partial charge < -0.3 is 10.4 Å². The van der Waals surface area contributed by atoms with Crippen molar-refractivity contribution in [1.82, 2.24) is 0 Å². The molecule has 0 unspecified atom stereocenters. The molecule has 2 aromatic carbocycles. The van der Waals surface area contributed by atoms with Crippen molar-refractivity contribution in [3.8, 4) is 0 Å². The second kappa shape index (κ2) is 5.76. The van der Waals surface area contributed by atoms with Crippen molar-refractivity contribution in [2.75, 3.05) is 5.32 Å². The first-order chi connectivity index (χ1) is 9.88. The topological polar surface area (TPSA) is 92.5 Å². The van der Waals surface area contributed by atoms with Crippen molar-refractivity contribution in [3.05, 3.63) is 62.9 Å². The number of hydrogen-bond acceptors (Lipinski definition) is 4. The molecule has 0 bridgehead atoms. The number of rotatable bonds is 4. The fourth-order valence-corrected chi connectivity index (χ4v) is 1.87. The number of hydrogen-bond donors (Lipinski definition) is 2. The van der Waals surface area contributed by atoms with Crippen LogP contribution in [0.15, 0.2) is 36.4 Å². The number of nitrogens with zero attached hydrogens (tertiary/aromatic N) is 1. The maximum atomic E-state index is 13.0. The van der Waals surface area contributed by atoms with Crippen LogP contribution in [-0.4, -0.2) is 16.0 Å². The third kappa shape index (κ3) is 3.26. The molecule has 0 atom stereocenters. The molecule has 0 fully saturated rings. The molecule has 6 nitrogen and oxygen atoms in total. The number of carboxylic acids is 1. The Hall–Kier alpha value is -2.67. The minimum Gasteiger partial charge on any atom is -0.477 e. The summed E-state index contributed by atoms with van der Waals surface area (Å²) >= 11 is 5.63. The molecule has 8 heteroatoms.